The SMILES string of the molecule is CCNc1cc(C(=O)OC)cc(C)n1. The van der Waals surface area contributed by atoms with Gasteiger partial charge in [-0.15, -0.1) is 0 Å². The van der Waals surface area contributed by atoms with E-state index in [1.165, 1.54) is 7.11 Å². The van der Waals surface area contributed by atoms with Gasteiger partial charge in [-0.1, -0.05) is 0 Å². The van der Waals surface area contributed by atoms with Crippen LogP contribution in [0.1, 0.15) is 23.0 Å². The zero-order valence-corrected chi connectivity index (χ0v) is 8.63. The van der Waals surface area contributed by atoms with Crippen LogP contribution in [0.25, 0.3) is 0 Å². The van der Waals surface area contributed by atoms with Gasteiger partial charge in [-0.2, -0.15) is 0 Å². The van der Waals surface area contributed by atoms with Gasteiger partial charge in [0.2, 0.25) is 0 Å². The van der Waals surface area contributed by atoms with E-state index in [0.29, 0.717) is 11.4 Å². The molecule has 0 amide bonds. The largest absolute Gasteiger partial charge is 0.465 e. The lowest BCUT2D eigenvalue weighted by atomic mass is 10.2. The number of aromatic nitrogens is 1. The maximum atomic E-state index is 11.2. The summed E-state index contributed by atoms with van der Waals surface area (Å²) in [4.78, 5) is 15.5. The molecule has 14 heavy (non-hydrogen) atoms. The molecule has 0 aliphatic carbocycles. The summed E-state index contributed by atoms with van der Waals surface area (Å²) in [5.41, 5.74) is 1.32. The summed E-state index contributed by atoms with van der Waals surface area (Å²) in [7, 11) is 1.37. The number of rotatable bonds is 3. The van der Waals surface area contributed by atoms with E-state index in [2.05, 4.69) is 15.0 Å². The predicted molar refractivity (Wildman–Crippen MR) is 54.5 cm³/mol. The third-order valence-corrected chi connectivity index (χ3v) is 1.73. The van der Waals surface area contributed by atoms with Gasteiger partial charge in [-0.25, -0.2) is 9.78 Å². The Morgan fingerprint density at radius 2 is 2.29 bits per heavy atom. The fourth-order valence-corrected chi connectivity index (χ4v) is 1.18. The van der Waals surface area contributed by atoms with Crippen molar-refractivity contribution >= 4 is 11.8 Å². The fourth-order valence-electron chi connectivity index (χ4n) is 1.18. The van der Waals surface area contributed by atoms with Crippen molar-refractivity contribution in [3.8, 4) is 0 Å². The molecule has 0 unspecified atom stereocenters. The van der Waals surface area contributed by atoms with Gasteiger partial charge < -0.3 is 10.1 Å². The highest BCUT2D eigenvalue weighted by atomic mass is 16.5. The lowest BCUT2D eigenvalue weighted by molar-refractivity contribution is 0.0600. The first-order chi connectivity index (χ1) is 6.67. The van der Waals surface area contributed by atoms with Crippen LogP contribution < -0.4 is 5.32 Å². The maximum absolute atomic E-state index is 11.2. The number of carbonyl (C=O) groups is 1. The van der Waals surface area contributed by atoms with E-state index in [9.17, 15) is 4.79 Å². The number of carbonyl (C=O) groups excluding carboxylic acids is 1. The van der Waals surface area contributed by atoms with E-state index in [1.54, 1.807) is 12.1 Å². The van der Waals surface area contributed by atoms with E-state index >= 15 is 0 Å². The second-order valence-corrected chi connectivity index (χ2v) is 2.90. The quantitative estimate of drug-likeness (QED) is 0.743. The minimum absolute atomic E-state index is 0.338. The second-order valence-electron chi connectivity index (χ2n) is 2.90. The molecule has 4 heteroatoms. The Bertz CT molecular complexity index is 337. The number of aryl methyl sites for hydroxylation is 1. The summed E-state index contributed by atoms with van der Waals surface area (Å²) < 4.78 is 4.63. The fraction of sp³-hybridized carbons (Fsp3) is 0.400. The zero-order valence-electron chi connectivity index (χ0n) is 8.63. The number of ether oxygens (including phenoxy) is 1. The second kappa shape index (κ2) is 4.60. The molecule has 1 aromatic heterocycles. The highest BCUT2D eigenvalue weighted by molar-refractivity contribution is 5.90. The van der Waals surface area contributed by atoms with Gasteiger partial charge in [-0.3, -0.25) is 0 Å². The van der Waals surface area contributed by atoms with Crippen LogP contribution in [-0.4, -0.2) is 24.6 Å². The number of anilines is 1. The van der Waals surface area contributed by atoms with Crippen molar-refractivity contribution < 1.29 is 9.53 Å². The van der Waals surface area contributed by atoms with Gasteiger partial charge in [0.15, 0.2) is 0 Å². The van der Waals surface area contributed by atoms with E-state index in [1.807, 2.05) is 13.8 Å². The van der Waals surface area contributed by atoms with Gasteiger partial charge in [0.1, 0.15) is 5.82 Å². The van der Waals surface area contributed by atoms with Gasteiger partial charge in [0, 0.05) is 12.2 Å². The van der Waals surface area contributed by atoms with Gasteiger partial charge in [0.25, 0.3) is 0 Å². The van der Waals surface area contributed by atoms with Crippen LogP contribution >= 0.6 is 0 Å². The summed E-state index contributed by atoms with van der Waals surface area (Å²) in [6, 6.07) is 3.38. The number of nitrogens with one attached hydrogen (secondary N) is 1. The number of pyridine rings is 1. The average Bonchev–Trinajstić information content (AvgIpc) is 2.16. The van der Waals surface area contributed by atoms with E-state index in [4.69, 9.17) is 0 Å². The molecule has 0 aliphatic rings. The summed E-state index contributed by atoms with van der Waals surface area (Å²) in [5.74, 6) is 0.363. The molecule has 0 saturated heterocycles. The molecule has 0 radical (unpaired) electrons. The van der Waals surface area contributed by atoms with Crippen molar-refractivity contribution in [3.05, 3.63) is 23.4 Å². The monoisotopic (exact) mass is 194 g/mol. The first-order valence-electron chi connectivity index (χ1n) is 4.48. The molecule has 0 bridgehead atoms. The Kier molecular flexibility index (Phi) is 3.45. The maximum Gasteiger partial charge on any atom is 0.338 e. The van der Waals surface area contributed by atoms with Crippen molar-refractivity contribution in [1.29, 1.82) is 0 Å². The molecule has 0 saturated carbocycles. The van der Waals surface area contributed by atoms with Gasteiger partial charge >= 0.3 is 5.97 Å². The number of nitrogens with zero attached hydrogens (tertiary/aromatic N) is 1. The lowest BCUT2D eigenvalue weighted by Gasteiger charge is -2.05. The predicted octanol–water partition coefficient (Wildman–Crippen LogP) is 1.61. The van der Waals surface area contributed by atoms with Crippen molar-refractivity contribution in [1.82, 2.24) is 4.98 Å². The molecular weight excluding hydrogens is 180 g/mol. The van der Waals surface area contributed by atoms with E-state index < -0.39 is 0 Å². The lowest BCUT2D eigenvalue weighted by Crippen LogP contribution is -2.06. The molecule has 0 atom stereocenters. The van der Waals surface area contributed by atoms with Gasteiger partial charge in [-0.05, 0) is 26.0 Å². The summed E-state index contributed by atoms with van der Waals surface area (Å²) in [6.07, 6.45) is 0. The smallest absolute Gasteiger partial charge is 0.338 e. The zero-order chi connectivity index (χ0) is 10.6. The molecule has 0 spiro atoms. The third kappa shape index (κ3) is 2.45. The van der Waals surface area contributed by atoms with Crippen LogP contribution in [0.5, 0.6) is 0 Å². The van der Waals surface area contributed by atoms with Crippen LogP contribution in [-0.2, 0) is 4.74 Å². The molecular formula is C10H14N2O2. The number of hydrogen-bond acceptors (Lipinski definition) is 4. The highest BCUT2D eigenvalue weighted by Gasteiger charge is 2.07. The average molecular weight is 194 g/mol. The summed E-state index contributed by atoms with van der Waals surface area (Å²) in [6.45, 7) is 4.59. The highest BCUT2D eigenvalue weighted by Crippen LogP contribution is 2.10. The van der Waals surface area contributed by atoms with Crippen molar-refractivity contribution in [2.45, 2.75) is 13.8 Å². The van der Waals surface area contributed by atoms with Crippen LogP contribution in [0.2, 0.25) is 0 Å². The van der Waals surface area contributed by atoms with E-state index in [0.717, 1.165) is 12.2 Å². The molecule has 1 rings (SSSR count). The number of methoxy groups -OCH3 is 1. The van der Waals surface area contributed by atoms with Crippen LogP contribution in [0.3, 0.4) is 0 Å². The minimum atomic E-state index is -0.338. The molecule has 0 aliphatic heterocycles. The molecule has 0 fully saturated rings. The minimum Gasteiger partial charge on any atom is -0.465 e. The normalized spacial score (nSPS) is 9.64. The molecule has 4 nitrogen and oxygen atoms in total. The van der Waals surface area contributed by atoms with Crippen LogP contribution in [0, 0.1) is 6.92 Å². The van der Waals surface area contributed by atoms with Crippen molar-refractivity contribution in [3.63, 3.8) is 0 Å². The van der Waals surface area contributed by atoms with E-state index in [-0.39, 0.29) is 5.97 Å². The van der Waals surface area contributed by atoms with Crippen molar-refractivity contribution in [2.24, 2.45) is 0 Å². The van der Waals surface area contributed by atoms with Crippen LogP contribution in [0.15, 0.2) is 12.1 Å². The number of esters is 1. The molecule has 76 valence electrons. The standard InChI is InChI=1S/C10H14N2O2/c1-4-11-9-6-8(10(13)14-3)5-7(2)12-9/h5-6H,4H2,1-3H3,(H,11,12). The summed E-state index contributed by atoms with van der Waals surface area (Å²) in [5, 5.41) is 3.05. The molecule has 0 aromatic carbocycles. The third-order valence-electron chi connectivity index (χ3n) is 1.73. The Balaban J connectivity index is 3.00. The first-order valence-corrected chi connectivity index (χ1v) is 4.48. The molecule has 1 heterocycles. The Hall–Kier alpha value is -1.58. The Morgan fingerprint density at radius 3 is 2.86 bits per heavy atom. The van der Waals surface area contributed by atoms with Gasteiger partial charge in [0.05, 0.1) is 12.7 Å². The first kappa shape index (κ1) is 10.5. The Morgan fingerprint density at radius 1 is 1.57 bits per heavy atom. The van der Waals surface area contributed by atoms with Crippen LogP contribution in [0.4, 0.5) is 5.82 Å². The Labute approximate surface area is 83.3 Å². The number of hydrogen-bond donors (Lipinski definition) is 1. The molecule has 1 N–H and O–H groups in total. The summed E-state index contributed by atoms with van der Waals surface area (Å²) >= 11 is 0. The topological polar surface area (TPSA) is 51.2 Å². The van der Waals surface area contributed by atoms with Crippen molar-refractivity contribution in [2.75, 3.05) is 19.0 Å². The molecule has 1 aromatic rings.